The van der Waals surface area contributed by atoms with Crippen LogP contribution in [0.1, 0.15) is 18.2 Å². The first-order valence-electron chi connectivity index (χ1n) is 4.23. The van der Waals surface area contributed by atoms with Crippen molar-refractivity contribution >= 4 is 5.76 Å². The van der Waals surface area contributed by atoms with E-state index in [1.54, 1.807) is 4.68 Å². The van der Waals surface area contributed by atoms with Gasteiger partial charge in [0.15, 0.2) is 0 Å². The molecule has 4 nitrogen and oxygen atoms in total. The average molecular weight is 181 g/mol. The lowest BCUT2D eigenvalue weighted by molar-refractivity contribution is 0.299. The minimum absolute atomic E-state index is 0.405. The van der Waals surface area contributed by atoms with Crippen molar-refractivity contribution in [3.63, 3.8) is 0 Å². The molecule has 1 heterocycles. The number of hydrogen-bond donors (Lipinski definition) is 1. The van der Waals surface area contributed by atoms with Crippen LogP contribution in [0.4, 0.5) is 0 Å². The molecule has 1 aromatic rings. The standard InChI is InChI=1S/C9H15N3O/c1-4-13-7(2)8-6-12(3)11-9(8)5-10/h6H,2,4-5,10H2,1,3H3. The molecule has 0 saturated heterocycles. The summed E-state index contributed by atoms with van der Waals surface area (Å²) >= 11 is 0. The molecule has 0 unspecified atom stereocenters. The molecule has 0 bridgehead atoms. The lowest BCUT2D eigenvalue weighted by atomic mass is 10.2. The van der Waals surface area contributed by atoms with Crippen molar-refractivity contribution in [2.75, 3.05) is 6.61 Å². The molecule has 13 heavy (non-hydrogen) atoms. The number of aromatic nitrogens is 2. The van der Waals surface area contributed by atoms with Gasteiger partial charge in [0, 0.05) is 19.8 Å². The molecule has 0 spiro atoms. The molecule has 1 aromatic heterocycles. The predicted octanol–water partition coefficient (Wildman–Crippen LogP) is 0.886. The molecule has 0 atom stereocenters. The van der Waals surface area contributed by atoms with Gasteiger partial charge in [-0.05, 0) is 6.92 Å². The summed E-state index contributed by atoms with van der Waals surface area (Å²) in [6, 6.07) is 0. The van der Waals surface area contributed by atoms with Crippen LogP contribution in [0.25, 0.3) is 5.76 Å². The number of nitrogens with zero attached hydrogens (tertiary/aromatic N) is 2. The van der Waals surface area contributed by atoms with Gasteiger partial charge >= 0.3 is 0 Å². The van der Waals surface area contributed by atoms with Crippen LogP contribution in [-0.2, 0) is 18.3 Å². The van der Waals surface area contributed by atoms with Crippen molar-refractivity contribution in [2.45, 2.75) is 13.5 Å². The molecule has 0 aliphatic carbocycles. The first kappa shape index (κ1) is 9.80. The fourth-order valence-electron chi connectivity index (χ4n) is 1.17. The molecule has 1 rings (SSSR count). The van der Waals surface area contributed by atoms with Crippen molar-refractivity contribution in [3.05, 3.63) is 24.0 Å². The smallest absolute Gasteiger partial charge is 0.122 e. The molecule has 0 aromatic carbocycles. The van der Waals surface area contributed by atoms with Crippen molar-refractivity contribution in [2.24, 2.45) is 12.8 Å². The van der Waals surface area contributed by atoms with E-state index < -0.39 is 0 Å². The molecule has 0 saturated carbocycles. The Balaban J connectivity index is 2.91. The third-order valence-corrected chi connectivity index (χ3v) is 1.72. The highest BCUT2D eigenvalue weighted by atomic mass is 16.5. The topological polar surface area (TPSA) is 53.1 Å². The maximum absolute atomic E-state index is 5.53. The third-order valence-electron chi connectivity index (χ3n) is 1.72. The Morgan fingerprint density at radius 1 is 1.77 bits per heavy atom. The minimum atomic E-state index is 0.405. The summed E-state index contributed by atoms with van der Waals surface area (Å²) in [4.78, 5) is 0. The monoisotopic (exact) mass is 181 g/mol. The van der Waals surface area contributed by atoms with Gasteiger partial charge in [0.1, 0.15) is 5.76 Å². The van der Waals surface area contributed by atoms with Crippen molar-refractivity contribution in [3.8, 4) is 0 Å². The van der Waals surface area contributed by atoms with Crippen LogP contribution in [0.3, 0.4) is 0 Å². The molecular formula is C9H15N3O. The molecule has 72 valence electrons. The van der Waals surface area contributed by atoms with Gasteiger partial charge in [-0.15, -0.1) is 0 Å². The minimum Gasteiger partial charge on any atom is -0.494 e. The van der Waals surface area contributed by atoms with Crippen molar-refractivity contribution in [1.29, 1.82) is 0 Å². The van der Waals surface area contributed by atoms with E-state index in [-0.39, 0.29) is 0 Å². The van der Waals surface area contributed by atoms with Crippen LogP contribution in [0.5, 0.6) is 0 Å². The largest absolute Gasteiger partial charge is 0.494 e. The first-order valence-corrected chi connectivity index (χ1v) is 4.23. The Labute approximate surface area is 78.0 Å². The summed E-state index contributed by atoms with van der Waals surface area (Å²) in [7, 11) is 1.85. The molecule has 2 N–H and O–H groups in total. The predicted molar refractivity (Wildman–Crippen MR) is 51.8 cm³/mol. The summed E-state index contributed by atoms with van der Waals surface area (Å²) in [6.45, 7) is 6.74. The summed E-state index contributed by atoms with van der Waals surface area (Å²) in [5, 5.41) is 4.18. The zero-order valence-corrected chi connectivity index (χ0v) is 8.08. The number of nitrogens with two attached hydrogens (primary N) is 1. The normalized spacial score (nSPS) is 10.1. The van der Waals surface area contributed by atoms with Gasteiger partial charge in [0.25, 0.3) is 0 Å². The Morgan fingerprint density at radius 2 is 2.46 bits per heavy atom. The van der Waals surface area contributed by atoms with Crippen LogP contribution >= 0.6 is 0 Å². The molecule has 0 radical (unpaired) electrons. The second kappa shape index (κ2) is 4.09. The van der Waals surface area contributed by atoms with E-state index in [4.69, 9.17) is 10.5 Å². The van der Waals surface area contributed by atoms with Crippen LogP contribution in [0.2, 0.25) is 0 Å². The maximum Gasteiger partial charge on any atom is 0.122 e. The molecule has 0 amide bonds. The summed E-state index contributed by atoms with van der Waals surface area (Å²) < 4.78 is 6.99. The number of ether oxygens (including phenoxy) is 1. The number of hydrogen-bond acceptors (Lipinski definition) is 3. The van der Waals surface area contributed by atoms with E-state index in [2.05, 4.69) is 11.7 Å². The van der Waals surface area contributed by atoms with Crippen molar-refractivity contribution < 1.29 is 4.74 Å². The fraction of sp³-hybridized carbons (Fsp3) is 0.444. The molecular weight excluding hydrogens is 166 g/mol. The van der Waals surface area contributed by atoms with Gasteiger partial charge in [-0.2, -0.15) is 5.10 Å². The number of rotatable bonds is 4. The summed E-state index contributed by atoms with van der Waals surface area (Å²) in [6.07, 6.45) is 1.86. The molecule has 0 aliphatic rings. The van der Waals surface area contributed by atoms with Gasteiger partial charge in [0.05, 0.1) is 17.9 Å². The van der Waals surface area contributed by atoms with E-state index in [9.17, 15) is 0 Å². The van der Waals surface area contributed by atoms with Gasteiger partial charge in [-0.3, -0.25) is 4.68 Å². The lowest BCUT2D eigenvalue weighted by Crippen LogP contribution is -2.01. The van der Waals surface area contributed by atoms with E-state index >= 15 is 0 Å². The summed E-state index contributed by atoms with van der Waals surface area (Å²) in [5.74, 6) is 0.635. The number of aryl methyl sites for hydroxylation is 1. The van der Waals surface area contributed by atoms with Gasteiger partial charge in [-0.25, -0.2) is 0 Å². The highest BCUT2D eigenvalue weighted by Gasteiger charge is 2.09. The summed E-state index contributed by atoms with van der Waals surface area (Å²) in [5.41, 5.74) is 7.24. The first-order chi connectivity index (χ1) is 6.19. The van der Waals surface area contributed by atoms with E-state index in [0.717, 1.165) is 11.3 Å². The van der Waals surface area contributed by atoms with Crippen LogP contribution < -0.4 is 5.73 Å². The molecule has 4 heteroatoms. The SMILES string of the molecule is C=C(OCC)c1cn(C)nc1CN. The lowest BCUT2D eigenvalue weighted by Gasteiger charge is -2.04. The van der Waals surface area contributed by atoms with Crippen LogP contribution in [-0.4, -0.2) is 16.4 Å². The Morgan fingerprint density at radius 3 is 3.00 bits per heavy atom. The second-order valence-corrected chi connectivity index (χ2v) is 2.72. The molecule has 0 fully saturated rings. The fourth-order valence-corrected chi connectivity index (χ4v) is 1.17. The highest BCUT2D eigenvalue weighted by Crippen LogP contribution is 2.16. The zero-order valence-electron chi connectivity index (χ0n) is 8.08. The zero-order chi connectivity index (χ0) is 9.84. The van der Waals surface area contributed by atoms with Gasteiger partial charge in [0.2, 0.25) is 0 Å². The van der Waals surface area contributed by atoms with Gasteiger partial charge in [-0.1, -0.05) is 6.58 Å². The van der Waals surface area contributed by atoms with E-state index in [1.807, 2.05) is 20.2 Å². The Bertz CT molecular complexity index is 304. The third kappa shape index (κ3) is 2.09. The molecule has 0 aliphatic heterocycles. The Hall–Kier alpha value is -1.29. The van der Waals surface area contributed by atoms with Crippen LogP contribution in [0.15, 0.2) is 12.8 Å². The van der Waals surface area contributed by atoms with Crippen LogP contribution in [0, 0.1) is 0 Å². The van der Waals surface area contributed by atoms with Gasteiger partial charge < -0.3 is 10.5 Å². The second-order valence-electron chi connectivity index (χ2n) is 2.72. The highest BCUT2D eigenvalue weighted by molar-refractivity contribution is 5.58. The van der Waals surface area contributed by atoms with E-state index in [0.29, 0.717) is 18.9 Å². The average Bonchev–Trinajstić information content (AvgIpc) is 2.47. The maximum atomic E-state index is 5.53. The van der Waals surface area contributed by atoms with E-state index in [1.165, 1.54) is 0 Å². The Kier molecular flexibility index (Phi) is 3.08. The van der Waals surface area contributed by atoms with Crippen molar-refractivity contribution in [1.82, 2.24) is 9.78 Å². The quantitative estimate of drug-likeness (QED) is 0.702.